The molecule has 6 nitrogen and oxygen atoms in total. The van der Waals surface area contributed by atoms with E-state index in [9.17, 15) is 14.4 Å². The van der Waals surface area contributed by atoms with E-state index in [-0.39, 0.29) is 31.3 Å². The van der Waals surface area contributed by atoms with Gasteiger partial charge in [0.25, 0.3) is 0 Å². The van der Waals surface area contributed by atoms with Crippen LogP contribution >= 0.6 is 0 Å². The molecule has 1 heterocycles. The summed E-state index contributed by atoms with van der Waals surface area (Å²) in [5.41, 5.74) is 1.65. The van der Waals surface area contributed by atoms with Gasteiger partial charge in [-0.2, -0.15) is 0 Å². The Morgan fingerprint density at radius 2 is 1.73 bits per heavy atom. The van der Waals surface area contributed by atoms with Crippen molar-refractivity contribution in [2.24, 2.45) is 5.41 Å². The lowest BCUT2D eigenvalue weighted by molar-refractivity contribution is -0.157. The molecule has 0 saturated carbocycles. The molecule has 6 heteroatoms. The largest absolute Gasteiger partial charge is 0.468 e. The molecule has 0 spiro atoms. The van der Waals surface area contributed by atoms with Crippen LogP contribution in [0.15, 0.2) is 54.6 Å². The normalized spacial score (nSPS) is 24.3. The molecular formula is C24H25NO5. The van der Waals surface area contributed by atoms with Gasteiger partial charge < -0.3 is 14.4 Å². The van der Waals surface area contributed by atoms with E-state index in [1.165, 1.54) is 7.11 Å². The highest BCUT2D eigenvalue weighted by Crippen LogP contribution is 2.64. The second kappa shape index (κ2) is 7.94. The van der Waals surface area contributed by atoms with Crippen LogP contribution in [0.2, 0.25) is 0 Å². The van der Waals surface area contributed by atoms with Crippen LogP contribution in [-0.2, 0) is 30.4 Å². The number of rotatable bonds is 6. The van der Waals surface area contributed by atoms with Gasteiger partial charge in [0.1, 0.15) is 5.41 Å². The smallest absolute Gasteiger partial charge is 0.315 e. The van der Waals surface area contributed by atoms with Crippen molar-refractivity contribution in [1.82, 2.24) is 4.90 Å². The average Bonchev–Trinajstić information content (AvgIpc) is 3.19. The summed E-state index contributed by atoms with van der Waals surface area (Å²) in [7, 11) is 1.34. The summed E-state index contributed by atoms with van der Waals surface area (Å²) >= 11 is 0. The molecule has 4 rings (SSSR count). The van der Waals surface area contributed by atoms with Gasteiger partial charge >= 0.3 is 11.9 Å². The Morgan fingerprint density at radius 1 is 1.07 bits per heavy atom. The number of benzene rings is 2. The highest BCUT2D eigenvalue weighted by Gasteiger charge is 2.66. The number of ether oxygens (including phenoxy) is 2. The maximum absolute atomic E-state index is 13.2. The molecule has 156 valence electrons. The lowest BCUT2D eigenvalue weighted by Crippen LogP contribution is -2.39. The molecule has 0 bridgehead atoms. The highest BCUT2D eigenvalue weighted by atomic mass is 16.5. The number of amides is 1. The molecule has 1 amide bonds. The second-order valence-electron chi connectivity index (χ2n) is 7.81. The number of nitrogens with zero attached hydrogens (tertiary/aromatic N) is 1. The fourth-order valence-corrected chi connectivity index (χ4v) is 5.14. The fraction of sp³-hybridized carbons (Fsp3) is 0.375. The van der Waals surface area contributed by atoms with Gasteiger partial charge in [0.2, 0.25) is 5.91 Å². The zero-order valence-corrected chi connectivity index (χ0v) is 17.2. The van der Waals surface area contributed by atoms with Crippen LogP contribution in [0.1, 0.15) is 48.4 Å². The first-order valence-corrected chi connectivity index (χ1v) is 10.2. The summed E-state index contributed by atoms with van der Waals surface area (Å²) in [4.78, 5) is 40.6. The van der Waals surface area contributed by atoms with E-state index in [4.69, 9.17) is 9.47 Å². The third kappa shape index (κ3) is 3.07. The standard InChI is InChI=1S/C24H25NO5/c1-3-30-21(27)13-19-17-11-7-8-12-18(17)22-24(19,23(28)29-2)14-20(26)25(22)15-16-9-5-4-6-10-16/h4-12,19,22H,3,13-15H2,1-2H3/t19-,22+,24+/m0/s1. The predicted molar refractivity (Wildman–Crippen MR) is 109 cm³/mol. The molecule has 2 aromatic rings. The summed E-state index contributed by atoms with van der Waals surface area (Å²) in [6.45, 7) is 2.41. The van der Waals surface area contributed by atoms with E-state index < -0.39 is 23.3 Å². The number of methoxy groups -OCH3 is 1. The van der Waals surface area contributed by atoms with Crippen LogP contribution in [0.25, 0.3) is 0 Å². The van der Waals surface area contributed by atoms with Crippen molar-refractivity contribution in [3.05, 3.63) is 71.3 Å². The molecule has 2 aliphatic rings. The minimum atomic E-state index is -1.14. The monoisotopic (exact) mass is 407 g/mol. The summed E-state index contributed by atoms with van der Waals surface area (Å²) in [6, 6.07) is 16.9. The van der Waals surface area contributed by atoms with Gasteiger partial charge in [-0.3, -0.25) is 14.4 Å². The SMILES string of the molecule is CCOC(=O)C[C@H]1c2ccccc2[C@H]2N(Cc3ccccc3)C(=O)C[C@@]12C(=O)OC. The Hall–Kier alpha value is -3.15. The van der Waals surface area contributed by atoms with Gasteiger partial charge in [0, 0.05) is 18.9 Å². The number of hydrogen-bond acceptors (Lipinski definition) is 5. The Morgan fingerprint density at radius 3 is 2.40 bits per heavy atom. The Labute approximate surface area is 175 Å². The van der Waals surface area contributed by atoms with E-state index in [1.807, 2.05) is 54.6 Å². The molecule has 0 radical (unpaired) electrons. The van der Waals surface area contributed by atoms with E-state index in [0.717, 1.165) is 16.7 Å². The predicted octanol–water partition coefficient (Wildman–Crippen LogP) is 3.37. The number of carbonyl (C=O) groups excluding carboxylic acids is 3. The molecular weight excluding hydrogens is 382 g/mol. The number of fused-ring (bicyclic) bond motifs is 3. The van der Waals surface area contributed by atoms with Gasteiger partial charge in [0.15, 0.2) is 0 Å². The minimum Gasteiger partial charge on any atom is -0.468 e. The first kappa shape index (κ1) is 20.1. The third-order valence-corrected chi connectivity index (χ3v) is 6.29. The summed E-state index contributed by atoms with van der Waals surface area (Å²) in [6.07, 6.45) is 0.0405. The molecule has 1 fully saturated rings. The maximum Gasteiger partial charge on any atom is 0.315 e. The lowest BCUT2D eigenvalue weighted by atomic mass is 9.71. The topological polar surface area (TPSA) is 72.9 Å². The van der Waals surface area contributed by atoms with Crippen molar-refractivity contribution in [3.8, 4) is 0 Å². The summed E-state index contributed by atoms with van der Waals surface area (Å²) in [5.74, 6) is -1.43. The van der Waals surface area contributed by atoms with Crippen molar-refractivity contribution < 1.29 is 23.9 Å². The van der Waals surface area contributed by atoms with Gasteiger partial charge in [-0.1, -0.05) is 54.6 Å². The first-order chi connectivity index (χ1) is 14.5. The van der Waals surface area contributed by atoms with E-state index in [0.29, 0.717) is 6.54 Å². The molecule has 3 atom stereocenters. The Kier molecular flexibility index (Phi) is 5.33. The Bertz CT molecular complexity index is 973. The van der Waals surface area contributed by atoms with Gasteiger partial charge in [0.05, 0.1) is 26.2 Å². The minimum absolute atomic E-state index is 0.00985. The number of carbonyl (C=O) groups is 3. The molecule has 1 aliphatic carbocycles. The van der Waals surface area contributed by atoms with Crippen molar-refractivity contribution in [1.29, 1.82) is 0 Å². The van der Waals surface area contributed by atoms with Crippen molar-refractivity contribution in [2.45, 2.75) is 38.3 Å². The molecule has 2 aromatic carbocycles. The molecule has 0 N–H and O–H groups in total. The highest BCUT2D eigenvalue weighted by molar-refractivity contribution is 5.94. The van der Waals surface area contributed by atoms with Crippen LogP contribution in [0, 0.1) is 5.41 Å². The molecule has 1 saturated heterocycles. The zero-order chi connectivity index (χ0) is 21.3. The van der Waals surface area contributed by atoms with Crippen LogP contribution in [0.3, 0.4) is 0 Å². The molecule has 1 aliphatic heterocycles. The van der Waals surface area contributed by atoms with Crippen LogP contribution in [0.5, 0.6) is 0 Å². The quantitative estimate of drug-likeness (QED) is 0.687. The Balaban J connectivity index is 1.82. The zero-order valence-electron chi connectivity index (χ0n) is 17.2. The van der Waals surface area contributed by atoms with Gasteiger partial charge in [-0.05, 0) is 23.6 Å². The number of hydrogen-bond donors (Lipinski definition) is 0. The van der Waals surface area contributed by atoms with Crippen molar-refractivity contribution in [2.75, 3.05) is 13.7 Å². The number of esters is 2. The third-order valence-electron chi connectivity index (χ3n) is 6.29. The van der Waals surface area contributed by atoms with E-state index in [1.54, 1.807) is 11.8 Å². The lowest BCUT2D eigenvalue weighted by Gasteiger charge is -2.34. The number of likely N-dealkylation sites (tertiary alicyclic amines) is 1. The van der Waals surface area contributed by atoms with Crippen molar-refractivity contribution >= 4 is 17.8 Å². The van der Waals surface area contributed by atoms with Crippen LogP contribution in [-0.4, -0.2) is 36.5 Å². The van der Waals surface area contributed by atoms with Crippen LogP contribution < -0.4 is 0 Å². The molecule has 30 heavy (non-hydrogen) atoms. The maximum atomic E-state index is 13.2. The van der Waals surface area contributed by atoms with E-state index >= 15 is 0 Å². The molecule has 0 aromatic heterocycles. The second-order valence-corrected chi connectivity index (χ2v) is 7.81. The molecule has 0 unspecified atom stereocenters. The van der Waals surface area contributed by atoms with Gasteiger partial charge in [-0.15, -0.1) is 0 Å². The van der Waals surface area contributed by atoms with E-state index in [2.05, 4.69) is 0 Å². The van der Waals surface area contributed by atoms with Crippen molar-refractivity contribution in [3.63, 3.8) is 0 Å². The average molecular weight is 407 g/mol. The van der Waals surface area contributed by atoms with Crippen LogP contribution in [0.4, 0.5) is 0 Å². The fourth-order valence-electron chi connectivity index (χ4n) is 5.14. The summed E-state index contributed by atoms with van der Waals surface area (Å²) < 4.78 is 10.4. The van der Waals surface area contributed by atoms with Gasteiger partial charge in [-0.25, -0.2) is 0 Å². The first-order valence-electron chi connectivity index (χ1n) is 10.2. The summed E-state index contributed by atoms with van der Waals surface area (Å²) in [5, 5.41) is 0.